The van der Waals surface area contributed by atoms with Crippen molar-refractivity contribution in [2.45, 2.75) is 146 Å². The van der Waals surface area contributed by atoms with Crippen molar-refractivity contribution >= 4 is 17.7 Å². The Morgan fingerprint density at radius 1 is 0.960 bits per heavy atom. The van der Waals surface area contributed by atoms with Gasteiger partial charge in [-0.15, -0.1) is 0 Å². The number of carboxylic acids is 1. The van der Waals surface area contributed by atoms with Crippen LogP contribution in [-0.4, -0.2) is 40.5 Å². The van der Waals surface area contributed by atoms with Gasteiger partial charge in [0.05, 0.1) is 11.8 Å². The molecule has 5 aliphatic carbocycles. The molecule has 0 aliphatic heterocycles. The fraction of sp³-hybridized carbons (Fsp3) is 0.767. The molecule has 0 saturated heterocycles. The first-order valence-corrected chi connectivity index (χ1v) is 19.6. The van der Waals surface area contributed by atoms with Crippen LogP contribution in [0.2, 0.25) is 0 Å². The first-order chi connectivity index (χ1) is 23.3. The molecule has 1 aromatic rings. The summed E-state index contributed by atoms with van der Waals surface area (Å²) >= 11 is 0. The summed E-state index contributed by atoms with van der Waals surface area (Å²) in [5.74, 6) is 0.682. The van der Waals surface area contributed by atoms with Crippen molar-refractivity contribution in [3.05, 3.63) is 41.2 Å². The number of rotatable bonds is 10. The maximum absolute atomic E-state index is 14.0. The molecule has 7 heteroatoms. The van der Waals surface area contributed by atoms with E-state index in [-0.39, 0.29) is 45.5 Å². The van der Waals surface area contributed by atoms with Gasteiger partial charge in [-0.3, -0.25) is 19.4 Å². The van der Waals surface area contributed by atoms with Crippen LogP contribution < -0.4 is 5.32 Å². The van der Waals surface area contributed by atoms with Crippen LogP contribution in [0, 0.1) is 56.2 Å². The van der Waals surface area contributed by atoms with E-state index >= 15 is 0 Å². The Balaban J connectivity index is 1.24. The lowest BCUT2D eigenvalue weighted by molar-refractivity contribution is -0.233. The topological polar surface area (TPSA) is 106 Å². The van der Waals surface area contributed by atoms with Gasteiger partial charge in [0.15, 0.2) is 5.78 Å². The predicted octanol–water partition coefficient (Wildman–Crippen LogP) is 8.95. The number of carboxylic acid groups (broad SMARTS) is 1. The number of esters is 1. The maximum atomic E-state index is 14.0. The normalized spacial score (nSPS) is 37.8. The first kappa shape index (κ1) is 37.2. The second kappa shape index (κ2) is 12.8. The lowest BCUT2D eigenvalue weighted by Gasteiger charge is -2.72. The molecule has 276 valence electrons. The molecule has 50 heavy (non-hydrogen) atoms. The molecule has 8 atom stereocenters. The largest absolute Gasteiger partial charge is 0.481 e. The summed E-state index contributed by atoms with van der Waals surface area (Å²) in [7, 11) is 0. The second-order valence-corrected chi connectivity index (χ2v) is 19.5. The summed E-state index contributed by atoms with van der Waals surface area (Å²) in [5.41, 5.74) is 2.96. The molecule has 1 unspecified atom stereocenters. The summed E-state index contributed by atoms with van der Waals surface area (Å²) in [6.45, 7) is 21.8. The third-order valence-electron chi connectivity index (χ3n) is 15.8. The molecule has 0 amide bonds. The molecule has 0 bridgehead atoms. The molecule has 2 N–H and O–H groups in total. The minimum Gasteiger partial charge on any atom is -0.481 e. The van der Waals surface area contributed by atoms with E-state index in [9.17, 15) is 19.5 Å². The van der Waals surface area contributed by atoms with Gasteiger partial charge in [0.1, 0.15) is 6.10 Å². The number of nitrogens with one attached hydrogen (secondary N) is 1. The lowest BCUT2D eigenvalue weighted by atomic mass is 9.33. The van der Waals surface area contributed by atoms with Gasteiger partial charge in [-0.25, -0.2) is 0 Å². The van der Waals surface area contributed by atoms with Gasteiger partial charge < -0.3 is 15.2 Å². The van der Waals surface area contributed by atoms with Crippen molar-refractivity contribution in [2.75, 3.05) is 6.54 Å². The van der Waals surface area contributed by atoms with E-state index in [0.717, 1.165) is 63.6 Å². The van der Waals surface area contributed by atoms with E-state index < -0.39 is 17.4 Å². The van der Waals surface area contributed by atoms with Gasteiger partial charge in [0.25, 0.3) is 0 Å². The van der Waals surface area contributed by atoms with E-state index in [1.807, 2.05) is 12.4 Å². The number of carbonyl (C=O) groups excluding carboxylic acids is 2. The second-order valence-electron chi connectivity index (χ2n) is 19.5. The van der Waals surface area contributed by atoms with Crippen LogP contribution in [-0.2, 0) is 25.7 Å². The van der Waals surface area contributed by atoms with Crippen molar-refractivity contribution in [2.24, 2.45) is 56.2 Å². The summed E-state index contributed by atoms with van der Waals surface area (Å²) in [6.07, 6.45) is 13.7. The number of nitrogens with zero attached hydrogens (tertiary/aromatic N) is 1. The minimum atomic E-state index is -1.14. The van der Waals surface area contributed by atoms with Crippen LogP contribution in [0.25, 0.3) is 0 Å². The maximum Gasteiger partial charge on any atom is 0.309 e. The predicted molar refractivity (Wildman–Crippen MR) is 196 cm³/mol. The smallest absolute Gasteiger partial charge is 0.309 e. The Hall–Kier alpha value is -2.54. The molecule has 5 aliphatic rings. The van der Waals surface area contributed by atoms with Gasteiger partial charge in [-0.2, -0.15) is 0 Å². The zero-order chi connectivity index (χ0) is 36.5. The van der Waals surface area contributed by atoms with Crippen LogP contribution in [0.5, 0.6) is 0 Å². The standard InChI is InChI=1S/C43H64N2O5/c1-27(2)35-30(46)24-43(20-23-45-26-28-14-21-44-22-15-28)19-18-41(8)29(36(35)43)10-11-32-40(7)16-13-33(50-34(47)25-38(3,4)37(48)49)39(5,6)31(40)12-17-42(32,41)9/h14-15,21-22,27,29,31-33,45H,10-13,16-20,23-26H2,1-9H3,(H,48,49)/t29-,31+,32?,33+,40+,41-,42-,43-/m1/s1. The molecule has 6 rings (SSSR count). The summed E-state index contributed by atoms with van der Waals surface area (Å²) in [4.78, 5) is 42.9. The van der Waals surface area contributed by atoms with E-state index in [1.54, 1.807) is 19.4 Å². The van der Waals surface area contributed by atoms with Gasteiger partial charge >= 0.3 is 11.9 Å². The highest BCUT2D eigenvalue weighted by molar-refractivity contribution is 6.00. The van der Waals surface area contributed by atoms with Crippen molar-refractivity contribution in [3.8, 4) is 0 Å². The molecule has 0 aromatic carbocycles. The molecule has 0 radical (unpaired) electrons. The number of allylic oxidation sites excluding steroid dienone is 2. The number of pyridine rings is 1. The molecule has 4 saturated carbocycles. The Labute approximate surface area is 301 Å². The highest BCUT2D eigenvalue weighted by Gasteiger charge is 2.70. The zero-order valence-electron chi connectivity index (χ0n) is 32.4. The number of hydrogen-bond donors (Lipinski definition) is 2. The van der Waals surface area contributed by atoms with Crippen LogP contribution in [0.3, 0.4) is 0 Å². The first-order valence-electron chi connectivity index (χ1n) is 19.6. The molecule has 1 heterocycles. The Morgan fingerprint density at radius 3 is 2.32 bits per heavy atom. The molecule has 4 fully saturated rings. The monoisotopic (exact) mass is 688 g/mol. The van der Waals surface area contributed by atoms with Crippen molar-refractivity contribution in [1.82, 2.24) is 10.3 Å². The average Bonchev–Trinajstić information content (AvgIpc) is 3.33. The summed E-state index contributed by atoms with van der Waals surface area (Å²) < 4.78 is 6.17. The van der Waals surface area contributed by atoms with Crippen LogP contribution in [0.4, 0.5) is 0 Å². The number of aromatic nitrogens is 1. The Kier molecular flexibility index (Phi) is 9.56. The van der Waals surface area contributed by atoms with Crippen molar-refractivity contribution < 1.29 is 24.2 Å². The molecular weight excluding hydrogens is 624 g/mol. The third kappa shape index (κ3) is 5.80. The van der Waals surface area contributed by atoms with E-state index in [0.29, 0.717) is 30.0 Å². The molecular formula is C43H64N2O5. The highest BCUT2D eigenvalue weighted by atomic mass is 16.5. The van der Waals surface area contributed by atoms with Gasteiger partial charge in [-0.1, -0.05) is 54.0 Å². The fourth-order valence-corrected chi connectivity index (χ4v) is 12.9. The fourth-order valence-electron chi connectivity index (χ4n) is 12.9. The summed E-state index contributed by atoms with van der Waals surface area (Å²) in [6, 6.07) is 4.13. The molecule has 7 nitrogen and oxygen atoms in total. The third-order valence-corrected chi connectivity index (χ3v) is 15.8. The van der Waals surface area contributed by atoms with Gasteiger partial charge in [-0.05, 0) is 141 Å². The average molecular weight is 689 g/mol. The minimum absolute atomic E-state index is 0.0322. The number of carbonyl (C=O) groups is 3. The van der Waals surface area contributed by atoms with Gasteiger partial charge in [0, 0.05) is 36.2 Å². The molecule has 0 spiro atoms. The van der Waals surface area contributed by atoms with Gasteiger partial charge in [0.2, 0.25) is 0 Å². The Morgan fingerprint density at radius 2 is 1.66 bits per heavy atom. The number of fused-ring (bicyclic) bond motifs is 7. The summed E-state index contributed by atoms with van der Waals surface area (Å²) in [5, 5.41) is 13.3. The zero-order valence-corrected chi connectivity index (χ0v) is 32.4. The van der Waals surface area contributed by atoms with Crippen LogP contribution in [0.15, 0.2) is 35.7 Å². The number of hydrogen-bond acceptors (Lipinski definition) is 6. The van der Waals surface area contributed by atoms with Crippen LogP contribution in [0.1, 0.15) is 139 Å². The van der Waals surface area contributed by atoms with Crippen LogP contribution >= 0.6 is 0 Å². The van der Waals surface area contributed by atoms with E-state index in [4.69, 9.17) is 4.74 Å². The number of Topliss-reactive ketones (excluding diaryl/α,β-unsaturated/α-hetero) is 1. The quantitative estimate of drug-likeness (QED) is 0.187. The SMILES string of the molecule is CC(C)C1=C2[C@H]3CCC4[C@@]5(C)CC[C@H](OC(=O)CC(C)(C)C(=O)O)C(C)(C)[C@@H]5CC[C@@]4(C)[C@]3(C)CC[C@@]2(CCNCc2ccncc2)CC1=O. The Bertz CT molecular complexity index is 1530. The number of ether oxygens (including phenoxy) is 1. The number of ketones is 1. The van der Waals surface area contributed by atoms with Crippen molar-refractivity contribution in [3.63, 3.8) is 0 Å². The molecule has 1 aromatic heterocycles. The highest BCUT2D eigenvalue weighted by Crippen LogP contribution is 2.77. The van der Waals surface area contributed by atoms with E-state index in [1.165, 1.54) is 18.4 Å². The number of aliphatic carboxylic acids is 1. The van der Waals surface area contributed by atoms with E-state index in [2.05, 4.69) is 70.9 Å². The van der Waals surface area contributed by atoms with Crippen molar-refractivity contribution in [1.29, 1.82) is 0 Å². The lowest BCUT2D eigenvalue weighted by Crippen LogP contribution is -2.65.